The highest BCUT2D eigenvalue weighted by Gasteiger charge is 2.53. The number of rotatable bonds is 3. The minimum absolute atomic E-state index is 0.0867. The fourth-order valence-corrected chi connectivity index (χ4v) is 4.74. The van der Waals surface area contributed by atoms with Gasteiger partial charge in [-0.1, -0.05) is 0 Å². The van der Waals surface area contributed by atoms with E-state index in [-0.39, 0.29) is 5.60 Å². The largest absolute Gasteiger partial charge is 0.497 e. The number of hydrogen-bond donors (Lipinski definition) is 0. The van der Waals surface area contributed by atoms with Gasteiger partial charge >= 0.3 is 0 Å². The monoisotopic (exact) mass is 274 g/mol. The van der Waals surface area contributed by atoms with Crippen LogP contribution in [0.4, 0.5) is 0 Å². The Morgan fingerprint density at radius 2 is 1.55 bits per heavy atom. The van der Waals surface area contributed by atoms with Crippen molar-refractivity contribution in [1.29, 1.82) is 0 Å². The third kappa shape index (κ3) is 1.83. The fraction of sp³-hybridized carbons (Fsp3) is 0.647. The molecule has 1 aromatic carbocycles. The van der Waals surface area contributed by atoms with Crippen LogP contribution in [0.5, 0.6) is 11.5 Å². The molecule has 4 bridgehead atoms. The first-order chi connectivity index (χ1) is 9.70. The lowest BCUT2D eigenvalue weighted by Gasteiger charge is -2.56. The quantitative estimate of drug-likeness (QED) is 0.844. The van der Waals surface area contributed by atoms with Crippen LogP contribution in [0.3, 0.4) is 0 Å². The molecule has 4 atom stereocenters. The highest BCUT2D eigenvalue weighted by atomic mass is 16.5. The lowest BCUT2D eigenvalue weighted by Crippen LogP contribution is -2.52. The molecular weight excluding hydrogens is 252 g/mol. The van der Waals surface area contributed by atoms with Crippen LogP contribution in [-0.2, 0) is 10.3 Å². The van der Waals surface area contributed by atoms with Gasteiger partial charge in [0, 0.05) is 6.07 Å². The summed E-state index contributed by atoms with van der Waals surface area (Å²) in [5, 5.41) is 0. The maximum Gasteiger partial charge on any atom is 0.122 e. The molecule has 2 aliphatic carbocycles. The molecule has 3 heteroatoms. The fourth-order valence-electron chi connectivity index (χ4n) is 4.74. The Balaban J connectivity index is 1.76. The molecule has 108 valence electrons. The van der Waals surface area contributed by atoms with E-state index in [0.29, 0.717) is 6.10 Å². The molecule has 4 fully saturated rings. The second-order valence-corrected chi connectivity index (χ2v) is 6.68. The van der Waals surface area contributed by atoms with Crippen LogP contribution in [0, 0.1) is 11.8 Å². The summed E-state index contributed by atoms with van der Waals surface area (Å²) in [5.74, 6) is 3.41. The molecule has 0 spiro atoms. The Morgan fingerprint density at radius 1 is 0.950 bits per heavy atom. The molecule has 3 nitrogen and oxygen atoms in total. The summed E-state index contributed by atoms with van der Waals surface area (Å²) in [6, 6.07) is 6.20. The minimum atomic E-state index is -0.0867. The van der Waals surface area contributed by atoms with Crippen molar-refractivity contribution in [3.8, 4) is 11.5 Å². The van der Waals surface area contributed by atoms with E-state index in [0.717, 1.165) is 36.2 Å². The Kier molecular flexibility index (Phi) is 2.75. The molecule has 0 N–H and O–H groups in total. The zero-order chi connectivity index (χ0) is 13.7. The van der Waals surface area contributed by atoms with Crippen LogP contribution in [0.2, 0.25) is 0 Å². The molecule has 2 saturated heterocycles. The normalized spacial score (nSPS) is 38.0. The van der Waals surface area contributed by atoms with E-state index < -0.39 is 0 Å². The van der Waals surface area contributed by atoms with Crippen molar-refractivity contribution in [3.05, 3.63) is 23.8 Å². The molecular formula is C17H22O3. The van der Waals surface area contributed by atoms with Crippen LogP contribution in [0.25, 0.3) is 0 Å². The van der Waals surface area contributed by atoms with E-state index in [1.807, 2.05) is 6.07 Å². The Labute approximate surface area is 120 Å². The van der Waals surface area contributed by atoms with Crippen molar-refractivity contribution in [2.45, 2.75) is 43.8 Å². The van der Waals surface area contributed by atoms with Gasteiger partial charge in [0.25, 0.3) is 0 Å². The summed E-state index contributed by atoms with van der Waals surface area (Å²) in [5.41, 5.74) is 1.16. The molecule has 4 aliphatic rings. The first-order valence-electron chi connectivity index (χ1n) is 7.62. The molecule has 2 saturated carbocycles. The molecule has 0 aromatic heterocycles. The molecule has 2 heterocycles. The number of hydrogen-bond acceptors (Lipinski definition) is 3. The first kappa shape index (κ1) is 12.5. The lowest BCUT2D eigenvalue weighted by atomic mass is 9.60. The van der Waals surface area contributed by atoms with Gasteiger partial charge in [-0.05, 0) is 61.6 Å². The van der Waals surface area contributed by atoms with Gasteiger partial charge in [0.1, 0.15) is 11.5 Å². The molecule has 2 unspecified atom stereocenters. The predicted molar refractivity (Wildman–Crippen MR) is 76.2 cm³/mol. The SMILES string of the molecule is COc1cc(OC)cc(C23C[C@@H]4CC(C[C@@H](C4)C2)O3)c1. The van der Waals surface area contributed by atoms with Crippen LogP contribution in [0.15, 0.2) is 18.2 Å². The third-order valence-electron chi connectivity index (χ3n) is 5.37. The maximum atomic E-state index is 6.48. The van der Waals surface area contributed by atoms with Gasteiger partial charge in [-0.25, -0.2) is 0 Å². The first-order valence-corrected chi connectivity index (χ1v) is 7.62. The van der Waals surface area contributed by atoms with Gasteiger partial charge in [-0.2, -0.15) is 0 Å². The van der Waals surface area contributed by atoms with E-state index in [4.69, 9.17) is 14.2 Å². The highest BCUT2D eigenvalue weighted by Crippen LogP contribution is 2.57. The van der Waals surface area contributed by atoms with Crippen molar-refractivity contribution < 1.29 is 14.2 Å². The highest BCUT2D eigenvalue weighted by molar-refractivity contribution is 5.42. The van der Waals surface area contributed by atoms with Gasteiger partial charge in [0.05, 0.1) is 25.9 Å². The Hall–Kier alpha value is -1.22. The van der Waals surface area contributed by atoms with Crippen LogP contribution < -0.4 is 9.47 Å². The van der Waals surface area contributed by atoms with Gasteiger partial charge in [0.15, 0.2) is 0 Å². The Morgan fingerprint density at radius 3 is 2.05 bits per heavy atom. The van der Waals surface area contributed by atoms with E-state index in [9.17, 15) is 0 Å². The van der Waals surface area contributed by atoms with Crippen molar-refractivity contribution in [2.24, 2.45) is 11.8 Å². The minimum Gasteiger partial charge on any atom is -0.497 e. The van der Waals surface area contributed by atoms with Gasteiger partial charge in [0.2, 0.25) is 0 Å². The van der Waals surface area contributed by atoms with Crippen LogP contribution >= 0.6 is 0 Å². The van der Waals surface area contributed by atoms with Crippen LogP contribution in [0.1, 0.15) is 37.7 Å². The number of methoxy groups -OCH3 is 2. The summed E-state index contributed by atoms with van der Waals surface area (Å²) in [6.07, 6.45) is 6.73. The molecule has 2 aliphatic heterocycles. The standard InChI is InChI=1S/C17H22O3/c1-18-14-6-13(7-15(8-14)19-2)17-9-11-3-12(10-17)5-16(4-11)20-17/h6-8,11-12,16H,3-5,9-10H2,1-2H3/t11-,12+,16?,17?. The zero-order valence-electron chi connectivity index (χ0n) is 12.2. The van der Waals surface area contributed by atoms with Gasteiger partial charge < -0.3 is 14.2 Å². The average molecular weight is 274 g/mol. The summed E-state index contributed by atoms with van der Waals surface area (Å²) in [7, 11) is 3.41. The zero-order valence-corrected chi connectivity index (χ0v) is 12.2. The van der Waals surface area contributed by atoms with E-state index >= 15 is 0 Å². The number of ether oxygens (including phenoxy) is 3. The van der Waals surface area contributed by atoms with Crippen molar-refractivity contribution in [3.63, 3.8) is 0 Å². The van der Waals surface area contributed by atoms with Crippen molar-refractivity contribution >= 4 is 0 Å². The predicted octanol–water partition coefficient (Wildman–Crippen LogP) is 3.51. The maximum absolute atomic E-state index is 6.48. The summed E-state index contributed by atoms with van der Waals surface area (Å²) in [6.45, 7) is 0. The Bertz CT molecular complexity index is 465. The van der Waals surface area contributed by atoms with E-state index in [1.165, 1.54) is 24.8 Å². The topological polar surface area (TPSA) is 27.7 Å². The second-order valence-electron chi connectivity index (χ2n) is 6.68. The second kappa shape index (κ2) is 4.39. The smallest absolute Gasteiger partial charge is 0.122 e. The lowest BCUT2D eigenvalue weighted by molar-refractivity contribution is -0.226. The molecule has 0 radical (unpaired) electrons. The van der Waals surface area contributed by atoms with Gasteiger partial charge in [-0.15, -0.1) is 0 Å². The van der Waals surface area contributed by atoms with E-state index in [1.54, 1.807) is 14.2 Å². The molecule has 0 amide bonds. The van der Waals surface area contributed by atoms with Crippen LogP contribution in [-0.4, -0.2) is 20.3 Å². The van der Waals surface area contributed by atoms with E-state index in [2.05, 4.69) is 12.1 Å². The molecule has 5 rings (SSSR count). The molecule has 1 aromatic rings. The molecule has 20 heavy (non-hydrogen) atoms. The summed E-state index contributed by atoms with van der Waals surface area (Å²) in [4.78, 5) is 0. The van der Waals surface area contributed by atoms with Crippen molar-refractivity contribution in [1.82, 2.24) is 0 Å². The summed E-state index contributed by atoms with van der Waals surface area (Å²) >= 11 is 0. The summed E-state index contributed by atoms with van der Waals surface area (Å²) < 4.78 is 17.3. The van der Waals surface area contributed by atoms with Gasteiger partial charge in [-0.3, -0.25) is 0 Å². The third-order valence-corrected chi connectivity index (χ3v) is 5.37. The number of benzene rings is 1. The van der Waals surface area contributed by atoms with Crippen molar-refractivity contribution in [2.75, 3.05) is 14.2 Å². The average Bonchev–Trinajstić information content (AvgIpc) is 2.45.